The third-order valence-corrected chi connectivity index (χ3v) is 2.30. The van der Waals surface area contributed by atoms with Crippen LogP contribution in [-0.4, -0.2) is 11.8 Å². The molecule has 0 saturated carbocycles. The molecule has 0 aromatic heterocycles. The Labute approximate surface area is 123 Å². The molecule has 2 aromatic carbocycles. The lowest BCUT2D eigenvalue weighted by molar-refractivity contribution is 0.0849. The molecular formula is C14H13Cl2NO2. The van der Waals surface area contributed by atoms with Crippen molar-refractivity contribution in [3.63, 3.8) is 0 Å². The van der Waals surface area contributed by atoms with E-state index in [1.54, 1.807) is 48.5 Å². The van der Waals surface area contributed by atoms with Crippen LogP contribution in [0.1, 0.15) is 20.7 Å². The van der Waals surface area contributed by atoms with Gasteiger partial charge in [-0.05, 0) is 24.3 Å². The van der Waals surface area contributed by atoms with Gasteiger partial charge in [0.1, 0.15) is 0 Å². The second kappa shape index (κ2) is 8.29. The maximum atomic E-state index is 11.7. The quantitative estimate of drug-likeness (QED) is 0.866. The van der Waals surface area contributed by atoms with Crippen LogP contribution in [0.25, 0.3) is 0 Å². The number of rotatable bonds is 2. The molecule has 0 radical (unpaired) electrons. The molecule has 0 fully saturated rings. The molecule has 0 bridgehead atoms. The highest BCUT2D eigenvalue weighted by Gasteiger charge is 2.10. The molecule has 0 aliphatic carbocycles. The number of nitrogens with one attached hydrogen (secondary N) is 1. The van der Waals surface area contributed by atoms with Crippen molar-refractivity contribution in [2.45, 2.75) is 0 Å². The summed E-state index contributed by atoms with van der Waals surface area (Å²) in [4.78, 5) is 23.4. The van der Waals surface area contributed by atoms with Gasteiger partial charge in [0.2, 0.25) is 0 Å². The van der Waals surface area contributed by atoms with Gasteiger partial charge < -0.3 is 0 Å². The monoisotopic (exact) mass is 297 g/mol. The van der Waals surface area contributed by atoms with Crippen molar-refractivity contribution in [3.05, 3.63) is 71.8 Å². The van der Waals surface area contributed by atoms with E-state index in [0.29, 0.717) is 11.1 Å². The van der Waals surface area contributed by atoms with Gasteiger partial charge in [-0.1, -0.05) is 36.4 Å². The standard InChI is InChI=1S/C14H11NO2.2ClH/c16-13(11-7-3-1-4-8-11)15-14(17)12-9-5-2-6-10-12;;/h1-10H,(H,15,16,17);2*1H. The van der Waals surface area contributed by atoms with Gasteiger partial charge in [-0.2, -0.15) is 0 Å². The highest BCUT2D eigenvalue weighted by atomic mass is 35.5. The Kier molecular flexibility index (Phi) is 7.49. The van der Waals surface area contributed by atoms with E-state index < -0.39 is 0 Å². The second-order valence-electron chi connectivity index (χ2n) is 3.52. The minimum Gasteiger partial charge on any atom is -0.288 e. The van der Waals surface area contributed by atoms with Crippen molar-refractivity contribution in [2.24, 2.45) is 0 Å². The van der Waals surface area contributed by atoms with E-state index >= 15 is 0 Å². The lowest BCUT2D eigenvalue weighted by atomic mass is 10.2. The van der Waals surface area contributed by atoms with Gasteiger partial charge in [-0.25, -0.2) is 0 Å². The zero-order chi connectivity index (χ0) is 12.1. The molecule has 19 heavy (non-hydrogen) atoms. The molecule has 2 amide bonds. The lowest BCUT2D eigenvalue weighted by Gasteiger charge is -2.03. The summed E-state index contributed by atoms with van der Waals surface area (Å²) in [6.07, 6.45) is 0. The zero-order valence-corrected chi connectivity index (χ0v) is 11.5. The van der Waals surface area contributed by atoms with Crippen LogP contribution in [-0.2, 0) is 0 Å². The maximum absolute atomic E-state index is 11.7. The number of benzene rings is 2. The summed E-state index contributed by atoms with van der Waals surface area (Å²) >= 11 is 0. The molecule has 0 aliphatic rings. The Morgan fingerprint density at radius 1 is 0.632 bits per heavy atom. The molecular weight excluding hydrogens is 285 g/mol. The van der Waals surface area contributed by atoms with E-state index in [4.69, 9.17) is 0 Å². The first kappa shape index (κ1) is 17.2. The van der Waals surface area contributed by atoms with Crippen molar-refractivity contribution in [1.29, 1.82) is 0 Å². The van der Waals surface area contributed by atoms with Crippen LogP contribution in [0.2, 0.25) is 0 Å². The smallest absolute Gasteiger partial charge is 0.258 e. The van der Waals surface area contributed by atoms with Crippen LogP contribution in [0.3, 0.4) is 0 Å². The third-order valence-electron chi connectivity index (χ3n) is 2.30. The molecule has 0 saturated heterocycles. The molecule has 0 spiro atoms. The fraction of sp³-hybridized carbons (Fsp3) is 0. The predicted octanol–water partition coefficient (Wildman–Crippen LogP) is 3.10. The Hall–Kier alpha value is -1.84. The molecule has 3 nitrogen and oxygen atoms in total. The molecule has 2 aromatic rings. The van der Waals surface area contributed by atoms with E-state index in [1.165, 1.54) is 0 Å². The molecule has 0 heterocycles. The average Bonchev–Trinajstić information content (AvgIpc) is 2.40. The van der Waals surface area contributed by atoms with Gasteiger partial charge in [-0.3, -0.25) is 14.9 Å². The number of hydrogen-bond acceptors (Lipinski definition) is 2. The summed E-state index contributed by atoms with van der Waals surface area (Å²) in [5.74, 6) is -0.779. The van der Waals surface area contributed by atoms with Crippen LogP contribution < -0.4 is 5.32 Å². The summed E-state index contributed by atoms with van der Waals surface area (Å²) in [6.45, 7) is 0. The Morgan fingerprint density at radius 3 is 1.26 bits per heavy atom. The summed E-state index contributed by atoms with van der Waals surface area (Å²) < 4.78 is 0. The minimum atomic E-state index is -0.389. The van der Waals surface area contributed by atoms with Crippen molar-refractivity contribution in [2.75, 3.05) is 0 Å². The van der Waals surface area contributed by atoms with E-state index in [2.05, 4.69) is 5.32 Å². The first-order valence-corrected chi connectivity index (χ1v) is 5.23. The fourth-order valence-corrected chi connectivity index (χ4v) is 1.43. The van der Waals surface area contributed by atoms with Crippen LogP contribution in [0.15, 0.2) is 60.7 Å². The minimum absolute atomic E-state index is 0. The molecule has 100 valence electrons. The SMILES string of the molecule is Cl.Cl.O=C(NC(=O)c1ccccc1)c1ccccc1. The van der Waals surface area contributed by atoms with Crippen LogP contribution in [0.4, 0.5) is 0 Å². The number of imide groups is 1. The van der Waals surface area contributed by atoms with Gasteiger partial charge in [0, 0.05) is 11.1 Å². The van der Waals surface area contributed by atoms with Gasteiger partial charge in [0.05, 0.1) is 0 Å². The van der Waals surface area contributed by atoms with Crippen molar-refractivity contribution in [1.82, 2.24) is 5.32 Å². The first-order chi connectivity index (χ1) is 8.27. The molecule has 0 unspecified atom stereocenters. The van der Waals surface area contributed by atoms with Crippen molar-refractivity contribution < 1.29 is 9.59 Å². The van der Waals surface area contributed by atoms with Gasteiger partial charge in [-0.15, -0.1) is 24.8 Å². The molecule has 1 N–H and O–H groups in total. The second-order valence-corrected chi connectivity index (χ2v) is 3.52. The number of carbonyl (C=O) groups excluding carboxylic acids is 2. The maximum Gasteiger partial charge on any atom is 0.258 e. The van der Waals surface area contributed by atoms with Gasteiger partial charge in [0.15, 0.2) is 0 Å². The number of amides is 2. The van der Waals surface area contributed by atoms with Crippen LogP contribution in [0.5, 0.6) is 0 Å². The van der Waals surface area contributed by atoms with Gasteiger partial charge in [0.25, 0.3) is 11.8 Å². The Bertz CT molecular complexity index is 480. The topological polar surface area (TPSA) is 46.2 Å². The van der Waals surface area contributed by atoms with E-state index in [1.807, 2.05) is 12.1 Å². The highest BCUT2D eigenvalue weighted by molar-refractivity contribution is 6.10. The highest BCUT2D eigenvalue weighted by Crippen LogP contribution is 2.01. The zero-order valence-electron chi connectivity index (χ0n) is 9.91. The summed E-state index contributed by atoms with van der Waals surface area (Å²) in [5.41, 5.74) is 0.938. The first-order valence-electron chi connectivity index (χ1n) is 5.23. The Balaban J connectivity index is 0.00000162. The Morgan fingerprint density at radius 2 is 0.947 bits per heavy atom. The van der Waals surface area contributed by atoms with Crippen molar-refractivity contribution in [3.8, 4) is 0 Å². The lowest BCUT2D eigenvalue weighted by Crippen LogP contribution is -2.30. The molecule has 0 aliphatic heterocycles. The normalized spacial score (nSPS) is 8.63. The van der Waals surface area contributed by atoms with Crippen LogP contribution in [0, 0.1) is 0 Å². The number of halogens is 2. The van der Waals surface area contributed by atoms with E-state index in [9.17, 15) is 9.59 Å². The molecule has 2 rings (SSSR count). The summed E-state index contributed by atoms with van der Waals surface area (Å²) in [6, 6.07) is 17.3. The fourth-order valence-electron chi connectivity index (χ4n) is 1.43. The average molecular weight is 298 g/mol. The summed E-state index contributed by atoms with van der Waals surface area (Å²) in [7, 11) is 0. The van der Waals surface area contributed by atoms with Crippen molar-refractivity contribution >= 4 is 36.6 Å². The van der Waals surface area contributed by atoms with Crippen LogP contribution >= 0.6 is 24.8 Å². The van der Waals surface area contributed by atoms with E-state index in [-0.39, 0.29) is 36.6 Å². The molecule has 0 atom stereocenters. The number of hydrogen-bond donors (Lipinski definition) is 1. The largest absolute Gasteiger partial charge is 0.288 e. The number of carbonyl (C=O) groups is 2. The van der Waals surface area contributed by atoms with Gasteiger partial charge >= 0.3 is 0 Å². The van der Waals surface area contributed by atoms with E-state index in [0.717, 1.165) is 0 Å². The predicted molar refractivity (Wildman–Crippen MR) is 79.2 cm³/mol. The molecule has 5 heteroatoms. The third kappa shape index (κ3) is 4.73. The summed E-state index contributed by atoms with van der Waals surface area (Å²) in [5, 5.41) is 2.33.